The Morgan fingerprint density at radius 3 is 3.17 bits per heavy atom. The van der Waals surface area contributed by atoms with Crippen LogP contribution < -0.4 is 0 Å². The first kappa shape index (κ1) is 14.6. The van der Waals surface area contributed by atoms with Crippen molar-refractivity contribution >= 4 is 17.5 Å². The quantitative estimate of drug-likeness (QED) is 0.799. The van der Waals surface area contributed by atoms with E-state index in [9.17, 15) is 9.18 Å². The van der Waals surface area contributed by atoms with E-state index in [-0.39, 0.29) is 28.6 Å². The number of nitrogens with zero attached hydrogens (tertiary/aromatic N) is 4. The van der Waals surface area contributed by atoms with E-state index in [1.807, 2.05) is 4.68 Å². The van der Waals surface area contributed by atoms with Crippen LogP contribution in [0.1, 0.15) is 28.5 Å². The number of carbonyl (C=O) groups excluding carboxylic acids is 1. The lowest BCUT2D eigenvalue weighted by molar-refractivity contribution is -0.0605. The molecule has 2 aliphatic rings. The topological polar surface area (TPSA) is 60.3 Å². The molecule has 8 heteroatoms. The lowest BCUT2D eigenvalue weighted by Crippen LogP contribution is -2.50. The molecular weight excluding hydrogens is 323 g/mol. The van der Waals surface area contributed by atoms with Crippen LogP contribution in [0.15, 0.2) is 24.4 Å². The van der Waals surface area contributed by atoms with Crippen molar-refractivity contribution in [2.45, 2.75) is 25.2 Å². The molecule has 0 aliphatic carbocycles. The number of rotatable bonds is 1. The Morgan fingerprint density at radius 2 is 2.30 bits per heavy atom. The fourth-order valence-corrected chi connectivity index (χ4v) is 3.39. The summed E-state index contributed by atoms with van der Waals surface area (Å²) in [5, 5.41) is 8.26. The van der Waals surface area contributed by atoms with Crippen molar-refractivity contribution < 1.29 is 13.9 Å². The molecule has 4 rings (SSSR count). The number of hydrogen-bond acceptors (Lipinski definition) is 4. The van der Waals surface area contributed by atoms with Crippen LogP contribution in [-0.2, 0) is 11.3 Å². The lowest BCUT2D eigenvalue weighted by atomic mass is 9.99. The summed E-state index contributed by atoms with van der Waals surface area (Å²) in [6.45, 7) is 1.46. The van der Waals surface area contributed by atoms with Crippen LogP contribution in [0.4, 0.5) is 4.39 Å². The second-order valence-electron chi connectivity index (χ2n) is 5.75. The number of likely N-dealkylation sites (tertiary alicyclic amines) is 1. The molecule has 2 aromatic rings. The molecule has 1 aromatic heterocycles. The number of ether oxygens (including phenoxy) is 1. The van der Waals surface area contributed by atoms with Crippen molar-refractivity contribution in [3.63, 3.8) is 0 Å². The first-order valence-corrected chi connectivity index (χ1v) is 7.76. The van der Waals surface area contributed by atoms with Gasteiger partial charge in [0.2, 0.25) is 0 Å². The van der Waals surface area contributed by atoms with E-state index in [0.29, 0.717) is 26.1 Å². The van der Waals surface area contributed by atoms with Crippen LogP contribution >= 0.6 is 11.6 Å². The third-order valence-corrected chi connectivity index (χ3v) is 4.70. The van der Waals surface area contributed by atoms with E-state index in [4.69, 9.17) is 16.3 Å². The molecule has 0 bridgehead atoms. The summed E-state index contributed by atoms with van der Waals surface area (Å²) < 4.78 is 21.1. The summed E-state index contributed by atoms with van der Waals surface area (Å²) in [5.74, 6) is -0.757. The third-order valence-electron chi connectivity index (χ3n) is 4.37. The van der Waals surface area contributed by atoms with Gasteiger partial charge in [0.15, 0.2) is 0 Å². The lowest BCUT2D eigenvalue weighted by Gasteiger charge is -2.41. The van der Waals surface area contributed by atoms with E-state index in [1.165, 1.54) is 18.2 Å². The van der Waals surface area contributed by atoms with E-state index < -0.39 is 5.82 Å². The Bertz CT molecular complexity index is 766. The minimum absolute atomic E-state index is 0.0104. The molecule has 1 fully saturated rings. The number of amides is 1. The standard InChI is InChI=1S/C15H14ClFN4O2/c16-12-2-1-9(17)5-11(12)15(22)20-4-3-14-13(7-20)21-10(8-23-14)6-18-19-21/h1-2,5-6,13-14H,3-4,7-8H2/t13-,14-/m1/s1. The van der Waals surface area contributed by atoms with Gasteiger partial charge < -0.3 is 9.64 Å². The smallest absolute Gasteiger partial charge is 0.255 e. The normalized spacial score (nSPS) is 23.3. The SMILES string of the molecule is O=C(c1cc(F)ccc1Cl)N1CC[C@H]2OCc3cnnn3[C@@H]2C1. The number of aromatic nitrogens is 3. The first-order chi connectivity index (χ1) is 11.1. The molecule has 2 aliphatic heterocycles. The highest BCUT2D eigenvalue weighted by molar-refractivity contribution is 6.33. The molecule has 0 N–H and O–H groups in total. The Kier molecular flexibility index (Phi) is 3.54. The minimum atomic E-state index is -0.479. The highest BCUT2D eigenvalue weighted by atomic mass is 35.5. The van der Waals surface area contributed by atoms with Gasteiger partial charge in [0, 0.05) is 13.1 Å². The van der Waals surface area contributed by atoms with Crippen LogP contribution in [0.3, 0.4) is 0 Å². The van der Waals surface area contributed by atoms with Crippen molar-refractivity contribution in [2.24, 2.45) is 0 Å². The van der Waals surface area contributed by atoms with Gasteiger partial charge in [-0.3, -0.25) is 4.79 Å². The molecule has 6 nitrogen and oxygen atoms in total. The molecule has 1 saturated heterocycles. The van der Waals surface area contributed by atoms with Gasteiger partial charge in [-0.1, -0.05) is 16.8 Å². The van der Waals surface area contributed by atoms with E-state index in [1.54, 1.807) is 11.1 Å². The first-order valence-electron chi connectivity index (χ1n) is 7.38. The van der Waals surface area contributed by atoms with Crippen LogP contribution in [-0.4, -0.2) is 45.0 Å². The zero-order valence-electron chi connectivity index (χ0n) is 12.2. The van der Waals surface area contributed by atoms with Gasteiger partial charge in [-0.2, -0.15) is 0 Å². The number of piperidine rings is 1. The third kappa shape index (κ3) is 2.49. The summed E-state index contributed by atoms with van der Waals surface area (Å²) in [6, 6.07) is 3.74. The molecule has 0 spiro atoms. The van der Waals surface area contributed by atoms with Crippen LogP contribution in [0.2, 0.25) is 5.02 Å². The fourth-order valence-electron chi connectivity index (χ4n) is 3.20. The summed E-state index contributed by atoms with van der Waals surface area (Å²) in [6.07, 6.45) is 2.37. The molecule has 120 valence electrons. The number of halogens is 2. The molecule has 1 aromatic carbocycles. The zero-order chi connectivity index (χ0) is 16.0. The van der Waals surface area contributed by atoms with Gasteiger partial charge in [0.25, 0.3) is 5.91 Å². The summed E-state index contributed by atoms with van der Waals surface area (Å²) in [5.41, 5.74) is 1.07. The Balaban J connectivity index is 1.60. The van der Waals surface area contributed by atoms with Gasteiger partial charge in [-0.05, 0) is 24.6 Å². The predicted octanol–water partition coefficient (Wildman–Crippen LogP) is 2.06. The van der Waals surface area contributed by atoms with Crippen molar-refractivity contribution in [2.75, 3.05) is 13.1 Å². The highest BCUT2D eigenvalue weighted by Crippen LogP contribution is 2.31. The van der Waals surface area contributed by atoms with E-state index in [2.05, 4.69) is 10.3 Å². The molecular formula is C15H14ClFN4O2. The highest BCUT2D eigenvalue weighted by Gasteiger charge is 2.38. The van der Waals surface area contributed by atoms with Crippen molar-refractivity contribution in [1.29, 1.82) is 0 Å². The number of hydrogen-bond donors (Lipinski definition) is 0. The molecule has 0 unspecified atom stereocenters. The Hall–Kier alpha value is -1.99. The molecule has 0 saturated carbocycles. The summed E-state index contributed by atoms with van der Waals surface area (Å²) in [7, 11) is 0. The van der Waals surface area contributed by atoms with Crippen LogP contribution in [0, 0.1) is 5.82 Å². The van der Waals surface area contributed by atoms with Crippen LogP contribution in [0.5, 0.6) is 0 Å². The van der Waals surface area contributed by atoms with Gasteiger partial charge in [0.1, 0.15) is 5.82 Å². The fraction of sp³-hybridized carbons (Fsp3) is 0.400. The molecule has 0 radical (unpaired) electrons. The average molecular weight is 337 g/mol. The van der Waals surface area contributed by atoms with Crippen molar-refractivity contribution in [1.82, 2.24) is 19.9 Å². The molecule has 1 amide bonds. The molecule has 2 atom stereocenters. The second-order valence-corrected chi connectivity index (χ2v) is 6.16. The maximum absolute atomic E-state index is 13.4. The van der Waals surface area contributed by atoms with Gasteiger partial charge in [-0.15, -0.1) is 5.10 Å². The molecule has 3 heterocycles. The monoisotopic (exact) mass is 336 g/mol. The van der Waals surface area contributed by atoms with Gasteiger partial charge in [0.05, 0.1) is 41.2 Å². The predicted molar refractivity (Wildman–Crippen MR) is 79.6 cm³/mol. The largest absolute Gasteiger partial charge is 0.370 e. The van der Waals surface area contributed by atoms with E-state index in [0.717, 1.165) is 5.69 Å². The van der Waals surface area contributed by atoms with Crippen molar-refractivity contribution in [3.05, 3.63) is 46.5 Å². The Morgan fingerprint density at radius 1 is 1.43 bits per heavy atom. The maximum atomic E-state index is 13.4. The Labute approximate surface area is 136 Å². The average Bonchev–Trinajstić information content (AvgIpc) is 3.05. The van der Waals surface area contributed by atoms with Crippen molar-refractivity contribution in [3.8, 4) is 0 Å². The minimum Gasteiger partial charge on any atom is -0.370 e. The van der Waals surface area contributed by atoms with Crippen LogP contribution in [0.25, 0.3) is 0 Å². The maximum Gasteiger partial charge on any atom is 0.255 e. The molecule has 23 heavy (non-hydrogen) atoms. The number of benzene rings is 1. The number of carbonyl (C=O) groups is 1. The summed E-state index contributed by atoms with van der Waals surface area (Å²) in [4.78, 5) is 14.4. The zero-order valence-corrected chi connectivity index (χ0v) is 12.9. The second kappa shape index (κ2) is 5.58. The summed E-state index contributed by atoms with van der Waals surface area (Å²) >= 11 is 6.04. The van der Waals surface area contributed by atoms with Gasteiger partial charge >= 0.3 is 0 Å². The van der Waals surface area contributed by atoms with Gasteiger partial charge in [-0.25, -0.2) is 9.07 Å². The van der Waals surface area contributed by atoms with E-state index >= 15 is 0 Å². The number of fused-ring (bicyclic) bond motifs is 3.